The number of hydrogen-bond acceptors (Lipinski definition) is 6. The minimum Gasteiger partial charge on any atom is -0.294 e. The molecule has 2 aromatic carbocycles. The Labute approximate surface area is 211 Å². The highest BCUT2D eigenvalue weighted by Crippen LogP contribution is 2.36. The van der Waals surface area contributed by atoms with Crippen LogP contribution in [0.4, 0.5) is 0 Å². The molecule has 0 saturated heterocycles. The normalized spacial score (nSPS) is 13.9. The highest BCUT2D eigenvalue weighted by Gasteiger charge is 2.27. The van der Waals surface area contributed by atoms with Crippen molar-refractivity contribution < 1.29 is 0 Å². The van der Waals surface area contributed by atoms with Crippen molar-refractivity contribution in [3.05, 3.63) is 105 Å². The summed E-state index contributed by atoms with van der Waals surface area (Å²) in [6.45, 7) is 6.97. The van der Waals surface area contributed by atoms with Crippen LogP contribution in [0.25, 0.3) is 16.0 Å². The lowest BCUT2D eigenvalue weighted by molar-refractivity contribution is 0.249. The molecular formula is C27H25N5OS2. The van der Waals surface area contributed by atoms with E-state index in [1.165, 1.54) is 21.6 Å². The van der Waals surface area contributed by atoms with Gasteiger partial charge in [-0.3, -0.25) is 14.3 Å². The third-order valence-electron chi connectivity index (χ3n) is 6.41. The molecule has 0 aliphatic carbocycles. The van der Waals surface area contributed by atoms with Gasteiger partial charge in [0.25, 0.3) is 5.56 Å². The van der Waals surface area contributed by atoms with Gasteiger partial charge < -0.3 is 0 Å². The van der Waals surface area contributed by atoms with Crippen LogP contribution in [0.3, 0.4) is 0 Å². The van der Waals surface area contributed by atoms with Crippen LogP contribution in [0.1, 0.15) is 21.6 Å². The number of thioether (sulfide) groups is 1. The minimum absolute atomic E-state index is 0.00780. The Morgan fingerprint density at radius 2 is 1.77 bits per heavy atom. The lowest BCUT2D eigenvalue weighted by atomic mass is 10.0. The molecule has 0 saturated carbocycles. The van der Waals surface area contributed by atoms with Gasteiger partial charge in [0.05, 0.1) is 5.39 Å². The first-order chi connectivity index (χ1) is 17.2. The van der Waals surface area contributed by atoms with Gasteiger partial charge in [0.15, 0.2) is 5.16 Å². The van der Waals surface area contributed by atoms with Crippen molar-refractivity contribution in [2.45, 2.75) is 37.0 Å². The average Bonchev–Trinajstić information content (AvgIpc) is 3.48. The van der Waals surface area contributed by atoms with Crippen LogP contribution in [0.2, 0.25) is 0 Å². The lowest BCUT2D eigenvalue weighted by Crippen LogP contribution is -2.30. The molecule has 6 rings (SSSR count). The van der Waals surface area contributed by atoms with Crippen LogP contribution in [0, 0.1) is 0 Å². The van der Waals surface area contributed by atoms with E-state index in [0.29, 0.717) is 12.3 Å². The van der Waals surface area contributed by atoms with E-state index in [1.54, 1.807) is 33.7 Å². The van der Waals surface area contributed by atoms with Crippen LogP contribution in [0.5, 0.6) is 0 Å². The highest BCUT2D eigenvalue weighted by atomic mass is 32.2. The summed E-state index contributed by atoms with van der Waals surface area (Å²) in [7, 11) is 0. The smallest absolute Gasteiger partial charge is 0.264 e. The topological polar surface area (TPSA) is 55.4 Å². The van der Waals surface area contributed by atoms with Gasteiger partial charge in [0, 0.05) is 36.8 Å². The summed E-state index contributed by atoms with van der Waals surface area (Å²) in [5.74, 6) is 1.37. The van der Waals surface area contributed by atoms with Crippen LogP contribution in [-0.2, 0) is 31.8 Å². The fourth-order valence-electron chi connectivity index (χ4n) is 4.75. The molecule has 176 valence electrons. The van der Waals surface area contributed by atoms with E-state index in [1.807, 2.05) is 18.2 Å². The van der Waals surface area contributed by atoms with Crippen LogP contribution in [-0.4, -0.2) is 30.6 Å². The van der Waals surface area contributed by atoms with Crippen molar-refractivity contribution in [2.24, 2.45) is 0 Å². The number of allylic oxidation sites excluding steroid dienone is 1. The molecule has 1 aliphatic heterocycles. The SMILES string of the molecule is C=CCn1c(=O)c2c3c(sc2n2c(SCc4ccccc4)nnc12)CN(Cc1ccccc1)CC3. The van der Waals surface area contributed by atoms with Gasteiger partial charge in [-0.1, -0.05) is 78.5 Å². The monoisotopic (exact) mass is 499 g/mol. The van der Waals surface area contributed by atoms with Crippen molar-refractivity contribution in [2.75, 3.05) is 6.54 Å². The molecule has 8 heteroatoms. The molecule has 0 bridgehead atoms. The minimum atomic E-state index is 0.00780. The zero-order chi connectivity index (χ0) is 23.8. The number of fused-ring (bicyclic) bond motifs is 5. The van der Waals surface area contributed by atoms with E-state index in [4.69, 9.17) is 0 Å². The van der Waals surface area contributed by atoms with E-state index in [9.17, 15) is 4.79 Å². The van der Waals surface area contributed by atoms with Gasteiger partial charge in [-0.05, 0) is 23.1 Å². The first-order valence-electron chi connectivity index (χ1n) is 11.7. The van der Waals surface area contributed by atoms with Gasteiger partial charge in [0.2, 0.25) is 5.78 Å². The highest BCUT2D eigenvalue weighted by molar-refractivity contribution is 7.98. The molecule has 0 atom stereocenters. The van der Waals surface area contributed by atoms with Gasteiger partial charge in [-0.25, -0.2) is 4.40 Å². The fraction of sp³-hybridized carbons (Fsp3) is 0.222. The predicted molar refractivity (Wildman–Crippen MR) is 143 cm³/mol. The van der Waals surface area contributed by atoms with E-state index < -0.39 is 0 Å². The van der Waals surface area contributed by atoms with Crippen LogP contribution in [0.15, 0.2) is 83.3 Å². The second-order valence-corrected chi connectivity index (χ2v) is 10.8. The second kappa shape index (κ2) is 9.45. The Hall–Kier alpha value is -3.20. The zero-order valence-electron chi connectivity index (χ0n) is 19.3. The van der Waals surface area contributed by atoms with Crippen LogP contribution < -0.4 is 5.56 Å². The lowest BCUT2D eigenvalue weighted by Gasteiger charge is -2.26. The molecule has 4 heterocycles. The molecule has 35 heavy (non-hydrogen) atoms. The number of rotatable bonds is 7. The van der Waals surface area contributed by atoms with E-state index in [0.717, 1.165) is 47.2 Å². The summed E-state index contributed by atoms with van der Waals surface area (Å²) in [4.78, 5) is 18.3. The second-order valence-electron chi connectivity index (χ2n) is 8.73. The van der Waals surface area contributed by atoms with Gasteiger partial charge in [0.1, 0.15) is 4.83 Å². The third kappa shape index (κ3) is 4.11. The Morgan fingerprint density at radius 3 is 2.51 bits per heavy atom. The Balaban J connectivity index is 1.43. The number of hydrogen-bond donors (Lipinski definition) is 0. The molecule has 0 unspecified atom stereocenters. The summed E-state index contributed by atoms with van der Waals surface area (Å²) >= 11 is 3.36. The zero-order valence-corrected chi connectivity index (χ0v) is 20.9. The quantitative estimate of drug-likeness (QED) is 0.229. The third-order valence-corrected chi connectivity index (χ3v) is 8.61. The summed E-state index contributed by atoms with van der Waals surface area (Å²) < 4.78 is 3.79. The molecule has 0 fully saturated rings. The van der Waals surface area contributed by atoms with Crippen LogP contribution >= 0.6 is 23.1 Å². The molecule has 3 aromatic heterocycles. The predicted octanol–water partition coefficient (Wildman–Crippen LogP) is 5.14. The largest absolute Gasteiger partial charge is 0.294 e. The molecule has 1 aliphatic rings. The summed E-state index contributed by atoms with van der Waals surface area (Å²) in [6, 6.07) is 20.9. The number of aromatic nitrogens is 4. The summed E-state index contributed by atoms with van der Waals surface area (Å²) in [5, 5.41) is 10.6. The van der Waals surface area contributed by atoms with Crippen molar-refractivity contribution in [3.63, 3.8) is 0 Å². The Kier molecular flexibility index (Phi) is 6.01. The summed E-state index contributed by atoms with van der Waals surface area (Å²) in [6.07, 6.45) is 2.62. The Bertz CT molecular complexity index is 1570. The van der Waals surface area contributed by atoms with E-state index in [2.05, 4.69) is 68.5 Å². The maximum Gasteiger partial charge on any atom is 0.264 e. The van der Waals surface area contributed by atoms with Gasteiger partial charge in [-0.15, -0.1) is 28.1 Å². The van der Waals surface area contributed by atoms with E-state index >= 15 is 0 Å². The number of nitrogens with zero attached hydrogens (tertiary/aromatic N) is 5. The van der Waals surface area contributed by atoms with Crippen molar-refractivity contribution in [1.82, 2.24) is 24.1 Å². The first-order valence-corrected chi connectivity index (χ1v) is 13.5. The van der Waals surface area contributed by atoms with Crippen molar-refractivity contribution >= 4 is 39.1 Å². The first kappa shape index (κ1) is 22.3. The number of thiophene rings is 1. The number of benzene rings is 2. The molecule has 5 aromatic rings. The van der Waals surface area contributed by atoms with Gasteiger partial charge in [-0.2, -0.15) is 0 Å². The maximum atomic E-state index is 13.6. The maximum absolute atomic E-state index is 13.6. The molecular weight excluding hydrogens is 474 g/mol. The molecule has 0 spiro atoms. The molecule has 0 amide bonds. The van der Waals surface area contributed by atoms with Gasteiger partial charge >= 0.3 is 0 Å². The summed E-state index contributed by atoms with van der Waals surface area (Å²) in [5.41, 5.74) is 3.73. The average molecular weight is 500 g/mol. The molecule has 0 N–H and O–H groups in total. The fourth-order valence-corrected chi connectivity index (χ4v) is 7.07. The Morgan fingerprint density at radius 1 is 1.03 bits per heavy atom. The van der Waals surface area contributed by atoms with Crippen molar-refractivity contribution in [1.29, 1.82) is 0 Å². The molecule has 0 radical (unpaired) electrons. The van der Waals surface area contributed by atoms with Crippen molar-refractivity contribution in [3.8, 4) is 0 Å². The molecule has 6 nitrogen and oxygen atoms in total. The van der Waals surface area contributed by atoms with E-state index in [-0.39, 0.29) is 5.56 Å². The standard InChI is InChI=1S/C27H25N5OS2/c1-2-14-31-24(33)23-21-13-15-30(16-19-9-5-3-6-10-19)17-22(21)35-25(23)32-26(31)28-29-27(32)34-18-20-11-7-4-8-12-20/h2-12H,1,13-18H2.